The third-order valence-electron chi connectivity index (χ3n) is 4.44. The first-order chi connectivity index (χ1) is 8.70. The number of likely N-dealkylation sites (N-methyl/N-ethyl adjacent to an activating group) is 1. The molecule has 0 spiro atoms. The molecule has 2 rings (SSSR count). The van der Waals surface area contributed by atoms with E-state index in [4.69, 9.17) is 0 Å². The summed E-state index contributed by atoms with van der Waals surface area (Å²) in [5.41, 5.74) is 0. The molecule has 2 aliphatic carbocycles. The van der Waals surface area contributed by atoms with Crippen molar-refractivity contribution in [2.45, 2.75) is 51.1 Å². The monoisotopic (exact) mass is 253 g/mol. The lowest BCUT2D eigenvalue weighted by Crippen LogP contribution is -2.52. The van der Waals surface area contributed by atoms with Crippen LogP contribution in [0, 0.1) is 5.92 Å². The molecule has 0 aromatic rings. The Hall–Kier alpha value is -0.120. The van der Waals surface area contributed by atoms with Crippen molar-refractivity contribution in [3.8, 4) is 0 Å². The number of nitrogens with zero attached hydrogens (tertiary/aromatic N) is 2. The van der Waals surface area contributed by atoms with Crippen LogP contribution in [0.2, 0.25) is 0 Å². The second-order valence-corrected chi connectivity index (χ2v) is 6.43. The van der Waals surface area contributed by atoms with Crippen molar-refractivity contribution < 1.29 is 0 Å². The molecule has 3 nitrogen and oxygen atoms in total. The van der Waals surface area contributed by atoms with Crippen LogP contribution in [-0.2, 0) is 0 Å². The molecule has 0 aromatic carbocycles. The molecule has 0 radical (unpaired) electrons. The Kier molecular flexibility index (Phi) is 5.46. The predicted molar refractivity (Wildman–Crippen MR) is 78.0 cm³/mol. The zero-order valence-electron chi connectivity index (χ0n) is 12.5. The van der Waals surface area contributed by atoms with E-state index in [-0.39, 0.29) is 0 Å². The van der Waals surface area contributed by atoms with Crippen LogP contribution in [0.1, 0.15) is 39.0 Å². The van der Waals surface area contributed by atoms with Gasteiger partial charge in [0.25, 0.3) is 0 Å². The highest BCUT2D eigenvalue weighted by Gasteiger charge is 2.35. The van der Waals surface area contributed by atoms with Gasteiger partial charge in [-0.05, 0) is 65.2 Å². The van der Waals surface area contributed by atoms with Crippen LogP contribution in [-0.4, -0.2) is 62.2 Å². The summed E-state index contributed by atoms with van der Waals surface area (Å²) < 4.78 is 0. The molecule has 0 heterocycles. The lowest BCUT2D eigenvalue weighted by atomic mass is 9.78. The van der Waals surface area contributed by atoms with Crippen LogP contribution in [0.15, 0.2) is 0 Å². The maximum atomic E-state index is 3.71. The van der Waals surface area contributed by atoms with Crippen molar-refractivity contribution in [3.63, 3.8) is 0 Å². The average Bonchev–Trinajstić information content (AvgIpc) is 3.08. The van der Waals surface area contributed by atoms with E-state index in [1.165, 1.54) is 58.3 Å². The fraction of sp³-hybridized carbons (Fsp3) is 1.00. The lowest BCUT2D eigenvalue weighted by molar-refractivity contribution is 0.0564. The number of rotatable bonds is 9. The van der Waals surface area contributed by atoms with Crippen molar-refractivity contribution in [1.82, 2.24) is 15.1 Å². The molecule has 2 atom stereocenters. The fourth-order valence-corrected chi connectivity index (χ4v) is 2.93. The Morgan fingerprint density at radius 2 is 1.78 bits per heavy atom. The predicted octanol–water partition coefficient (Wildman–Crippen LogP) is 1.79. The van der Waals surface area contributed by atoms with E-state index >= 15 is 0 Å². The molecule has 1 N–H and O–H groups in total. The first-order valence-electron chi connectivity index (χ1n) is 7.83. The molecule has 0 aromatic heterocycles. The summed E-state index contributed by atoms with van der Waals surface area (Å²) in [7, 11) is 4.36. The highest BCUT2D eigenvalue weighted by molar-refractivity contribution is 4.92. The fourth-order valence-electron chi connectivity index (χ4n) is 2.93. The lowest BCUT2D eigenvalue weighted by Gasteiger charge is -2.45. The Balaban J connectivity index is 1.73. The Morgan fingerprint density at radius 1 is 1.00 bits per heavy atom. The molecule has 0 amide bonds. The number of hydrogen-bond donors (Lipinski definition) is 1. The third kappa shape index (κ3) is 4.22. The smallest absolute Gasteiger partial charge is 0.0136 e. The van der Waals surface area contributed by atoms with E-state index in [1.807, 2.05) is 0 Å². The summed E-state index contributed by atoms with van der Waals surface area (Å²) in [5, 5.41) is 3.71. The molecule has 2 saturated carbocycles. The van der Waals surface area contributed by atoms with Gasteiger partial charge >= 0.3 is 0 Å². The topological polar surface area (TPSA) is 18.5 Å². The van der Waals surface area contributed by atoms with Gasteiger partial charge in [-0.2, -0.15) is 0 Å². The van der Waals surface area contributed by atoms with Gasteiger partial charge in [-0.15, -0.1) is 0 Å². The van der Waals surface area contributed by atoms with Gasteiger partial charge in [0.15, 0.2) is 0 Å². The molecule has 0 aliphatic heterocycles. The Labute approximate surface area is 113 Å². The van der Waals surface area contributed by atoms with Crippen LogP contribution in [0.5, 0.6) is 0 Å². The second-order valence-electron chi connectivity index (χ2n) is 6.43. The second kappa shape index (κ2) is 6.88. The summed E-state index contributed by atoms with van der Waals surface area (Å²) in [4.78, 5) is 5.04. The summed E-state index contributed by atoms with van der Waals surface area (Å²) in [5.74, 6) is 0.916. The highest BCUT2D eigenvalue weighted by atomic mass is 15.2. The van der Waals surface area contributed by atoms with Crippen molar-refractivity contribution in [2.75, 3.05) is 40.3 Å². The largest absolute Gasteiger partial charge is 0.314 e. The van der Waals surface area contributed by atoms with Gasteiger partial charge < -0.3 is 10.2 Å². The molecule has 2 unspecified atom stereocenters. The van der Waals surface area contributed by atoms with Gasteiger partial charge in [0.1, 0.15) is 0 Å². The van der Waals surface area contributed by atoms with Gasteiger partial charge in [-0.25, -0.2) is 0 Å². The molecular formula is C15H31N3. The zero-order valence-corrected chi connectivity index (χ0v) is 12.5. The molecule has 0 bridgehead atoms. The molecular weight excluding hydrogens is 222 g/mol. The normalized spacial score (nSPS) is 27.8. The number of nitrogens with one attached hydrogen (secondary N) is 1. The minimum Gasteiger partial charge on any atom is -0.314 e. The van der Waals surface area contributed by atoms with Crippen molar-refractivity contribution in [2.24, 2.45) is 5.92 Å². The van der Waals surface area contributed by atoms with Gasteiger partial charge in [-0.1, -0.05) is 6.92 Å². The van der Waals surface area contributed by atoms with E-state index in [9.17, 15) is 0 Å². The van der Waals surface area contributed by atoms with Crippen molar-refractivity contribution in [3.05, 3.63) is 0 Å². The van der Waals surface area contributed by atoms with Crippen molar-refractivity contribution >= 4 is 0 Å². The van der Waals surface area contributed by atoms with Crippen LogP contribution in [0.25, 0.3) is 0 Å². The first kappa shape index (κ1) is 14.3. The minimum absolute atomic E-state index is 0.858. The summed E-state index contributed by atoms with van der Waals surface area (Å²) >= 11 is 0. The maximum Gasteiger partial charge on any atom is 0.0136 e. The van der Waals surface area contributed by atoms with Crippen molar-refractivity contribution in [1.29, 1.82) is 0 Å². The molecule has 3 heteroatoms. The third-order valence-corrected chi connectivity index (χ3v) is 4.44. The van der Waals surface area contributed by atoms with E-state index in [1.54, 1.807) is 0 Å². The number of hydrogen-bond acceptors (Lipinski definition) is 3. The molecule has 106 valence electrons. The maximum absolute atomic E-state index is 3.71. The van der Waals surface area contributed by atoms with Gasteiger partial charge in [0.2, 0.25) is 0 Å². The Bertz CT molecular complexity index is 238. The van der Waals surface area contributed by atoms with E-state index in [2.05, 4.69) is 36.1 Å². The summed E-state index contributed by atoms with van der Waals surface area (Å²) in [6.07, 6.45) is 6.97. The van der Waals surface area contributed by atoms with Crippen LogP contribution in [0.4, 0.5) is 0 Å². The van der Waals surface area contributed by atoms with E-state index < -0.39 is 0 Å². The zero-order chi connectivity index (χ0) is 13.0. The van der Waals surface area contributed by atoms with Crippen LogP contribution in [0.3, 0.4) is 0 Å². The van der Waals surface area contributed by atoms with E-state index in [0.717, 1.165) is 18.0 Å². The van der Waals surface area contributed by atoms with Crippen LogP contribution < -0.4 is 5.32 Å². The quantitative estimate of drug-likeness (QED) is 0.676. The first-order valence-corrected chi connectivity index (χ1v) is 7.83. The van der Waals surface area contributed by atoms with Gasteiger partial charge in [0.05, 0.1) is 0 Å². The van der Waals surface area contributed by atoms with Crippen LogP contribution >= 0.6 is 0 Å². The summed E-state index contributed by atoms with van der Waals surface area (Å²) in [6, 6.07) is 1.73. The average molecular weight is 253 g/mol. The molecule has 2 fully saturated rings. The minimum atomic E-state index is 0.858. The molecule has 2 aliphatic rings. The van der Waals surface area contributed by atoms with E-state index in [0.29, 0.717) is 0 Å². The Morgan fingerprint density at radius 3 is 2.28 bits per heavy atom. The van der Waals surface area contributed by atoms with Gasteiger partial charge in [0, 0.05) is 25.2 Å². The molecule has 18 heavy (non-hydrogen) atoms. The molecule has 0 saturated heterocycles. The SMILES string of the molecule is CCCN(CCN(C)C)C1CCC1CNC1CC1. The van der Waals surface area contributed by atoms with Gasteiger partial charge in [-0.3, -0.25) is 4.90 Å². The highest BCUT2D eigenvalue weighted by Crippen LogP contribution is 2.32. The summed E-state index contributed by atoms with van der Waals surface area (Å²) in [6.45, 7) is 7.28. The standard InChI is InChI=1S/C15H31N3/c1-4-9-18(11-10-17(2)3)15-8-5-13(15)12-16-14-6-7-14/h13-16H,4-12H2,1-3H3.